The molecule has 6 nitrogen and oxygen atoms in total. The Kier molecular flexibility index (Phi) is 3.38. The van der Waals surface area contributed by atoms with Crippen LogP contribution in [0.15, 0.2) is 10.5 Å². The molecule has 6 heteroatoms. The second kappa shape index (κ2) is 4.81. The molecule has 0 spiro atoms. The highest BCUT2D eigenvalue weighted by atomic mass is 16.4. The number of carboxylic acids is 1. The molecule has 1 aromatic heterocycles. The molecular formula is C12H16N2O4. The molecule has 2 heterocycles. The Hall–Kier alpha value is -1.82. The van der Waals surface area contributed by atoms with Gasteiger partial charge < -0.3 is 15.3 Å². The van der Waals surface area contributed by atoms with Gasteiger partial charge in [-0.05, 0) is 26.0 Å². The summed E-state index contributed by atoms with van der Waals surface area (Å²) in [6.45, 7) is 3.60. The van der Waals surface area contributed by atoms with Crippen LogP contribution in [-0.2, 0) is 11.3 Å². The molecule has 1 unspecified atom stereocenters. The molecule has 1 aliphatic heterocycles. The Labute approximate surface area is 104 Å². The third kappa shape index (κ3) is 2.53. The lowest BCUT2D eigenvalue weighted by Gasteiger charge is -2.12. The van der Waals surface area contributed by atoms with Crippen molar-refractivity contribution in [2.75, 3.05) is 13.1 Å². The maximum atomic E-state index is 11.0. The first kappa shape index (κ1) is 12.6. The van der Waals surface area contributed by atoms with Crippen molar-refractivity contribution in [1.82, 2.24) is 4.90 Å². The molecule has 0 radical (unpaired) electrons. The zero-order valence-corrected chi connectivity index (χ0v) is 10.2. The largest absolute Gasteiger partial charge is 0.475 e. The molecule has 1 aliphatic rings. The van der Waals surface area contributed by atoms with Crippen LogP contribution >= 0.6 is 0 Å². The third-order valence-corrected chi connectivity index (χ3v) is 3.22. The van der Waals surface area contributed by atoms with E-state index in [-0.39, 0.29) is 17.6 Å². The highest BCUT2D eigenvalue weighted by Crippen LogP contribution is 2.21. The van der Waals surface area contributed by atoms with Crippen molar-refractivity contribution in [3.05, 3.63) is 23.2 Å². The zero-order chi connectivity index (χ0) is 13.3. The number of aromatic carboxylic acids is 1. The number of likely N-dealkylation sites (tertiary alicyclic amines) is 1. The van der Waals surface area contributed by atoms with Gasteiger partial charge >= 0.3 is 5.97 Å². The highest BCUT2D eigenvalue weighted by molar-refractivity contribution is 5.86. The topological polar surface area (TPSA) is 96.8 Å². The van der Waals surface area contributed by atoms with Crippen LogP contribution in [0.2, 0.25) is 0 Å². The van der Waals surface area contributed by atoms with Crippen LogP contribution < -0.4 is 5.73 Å². The van der Waals surface area contributed by atoms with Crippen LogP contribution in [0.1, 0.15) is 28.3 Å². The van der Waals surface area contributed by atoms with Gasteiger partial charge in [-0.3, -0.25) is 9.69 Å². The number of hydrogen-bond acceptors (Lipinski definition) is 4. The molecule has 18 heavy (non-hydrogen) atoms. The minimum Gasteiger partial charge on any atom is -0.475 e. The summed E-state index contributed by atoms with van der Waals surface area (Å²) in [6, 6.07) is 1.72. The smallest absolute Gasteiger partial charge is 0.372 e. The maximum Gasteiger partial charge on any atom is 0.372 e. The Morgan fingerprint density at radius 1 is 1.61 bits per heavy atom. The summed E-state index contributed by atoms with van der Waals surface area (Å²) in [5.74, 6) is -0.861. The molecule has 1 saturated heterocycles. The van der Waals surface area contributed by atoms with Gasteiger partial charge in [0.15, 0.2) is 0 Å². The molecule has 3 N–H and O–H groups in total. The number of primary amides is 1. The molecule has 0 bridgehead atoms. The summed E-state index contributed by atoms with van der Waals surface area (Å²) in [5.41, 5.74) is 5.87. The molecule has 0 aliphatic carbocycles. The van der Waals surface area contributed by atoms with Gasteiger partial charge in [0, 0.05) is 12.1 Å². The van der Waals surface area contributed by atoms with E-state index in [9.17, 15) is 9.59 Å². The zero-order valence-electron chi connectivity index (χ0n) is 10.2. The molecule has 2 rings (SSSR count). The van der Waals surface area contributed by atoms with Gasteiger partial charge in [-0.25, -0.2) is 4.79 Å². The van der Waals surface area contributed by atoms with E-state index in [4.69, 9.17) is 15.3 Å². The summed E-state index contributed by atoms with van der Waals surface area (Å²) in [7, 11) is 0. The van der Waals surface area contributed by atoms with Gasteiger partial charge in [0.2, 0.25) is 11.7 Å². The van der Waals surface area contributed by atoms with Crippen LogP contribution in [0.25, 0.3) is 0 Å². The van der Waals surface area contributed by atoms with E-state index in [2.05, 4.69) is 0 Å². The lowest BCUT2D eigenvalue weighted by atomic mass is 10.1. The number of carboxylic acid groups (broad SMARTS) is 1. The molecule has 0 aromatic carbocycles. The second-order valence-electron chi connectivity index (χ2n) is 4.65. The third-order valence-electron chi connectivity index (χ3n) is 3.22. The molecule has 0 saturated carbocycles. The van der Waals surface area contributed by atoms with Crippen molar-refractivity contribution in [3.63, 3.8) is 0 Å². The first-order valence-electron chi connectivity index (χ1n) is 5.81. The van der Waals surface area contributed by atoms with Gasteiger partial charge in [-0.15, -0.1) is 0 Å². The van der Waals surface area contributed by atoms with Crippen LogP contribution in [0.4, 0.5) is 0 Å². The van der Waals surface area contributed by atoms with Crippen molar-refractivity contribution < 1.29 is 19.1 Å². The van der Waals surface area contributed by atoms with Gasteiger partial charge in [-0.2, -0.15) is 0 Å². The molecule has 98 valence electrons. The van der Waals surface area contributed by atoms with Crippen molar-refractivity contribution in [3.8, 4) is 0 Å². The Balaban J connectivity index is 2.01. The Morgan fingerprint density at radius 2 is 2.33 bits per heavy atom. The van der Waals surface area contributed by atoms with E-state index in [1.54, 1.807) is 13.0 Å². The molecule has 1 amide bonds. The van der Waals surface area contributed by atoms with Crippen molar-refractivity contribution in [2.24, 2.45) is 11.7 Å². The SMILES string of the molecule is Cc1cc(CN2CCC(C(N)=O)C2)oc1C(=O)O. The average Bonchev–Trinajstić information content (AvgIpc) is 2.86. The number of carbonyl (C=O) groups is 2. The second-order valence-corrected chi connectivity index (χ2v) is 4.65. The fourth-order valence-electron chi connectivity index (χ4n) is 2.27. The van der Waals surface area contributed by atoms with Crippen molar-refractivity contribution in [1.29, 1.82) is 0 Å². The van der Waals surface area contributed by atoms with Crippen LogP contribution in [0.5, 0.6) is 0 Å². The van der Waals surface area contributed by atoms with E-state index in [1.807, 2.05) is 4.90 Å². The number of carbonyl (C=O) groups excluding carboxylic acids is 1. The standard InChI is InChI=1S/C12H16N2O4/c1-7-4-9(18-10(7)12(16)17)6-14-3-2-8(5-14)11(13)15/h4,8H,2-3,5-6H2,1H3,(H2,13,15)(H,16,17). The lowest BCUT2D eigenvalue weighted by molar-refractivity contribution is -0.121. The number of hydrogen-bond donors (Lipinski definition) is 2. The summed E-state index contributed by atoms with van der Waals surface area (Å²) in [5, 5.41) is 8.89. The first-order chi connectivity index (χ1) is 8.47. The molecule has 1 atom stereocenters. The van der Waals surface area contributed by atoms with Crippen LogP contribution in [0, 0.1) is 12.8 Å². The van der Waals surface area contributed by atoms with E-state index in [1.165, 1.54) is 0 Å². The quantitative estimate of drug-likeness (QED) is 0.817. The lowest BCUT2D eigenvalue weighted by Crippen LogP contribution is -2.27. The Morgan fingerprint density at radius 3 is 2.83 bits per heavy atom. The van der Waals surface area contributed by atoms with Gasteiger partial charge in [0.25, 0.3) is 0 Å². The number of amides is 1. The van der Waals surface area contributed by atoms with Crippen LogP contribution in [0.3, 0.4) is 0 Å². The van der Waals surface area contributed by atoms with E-state index >= 15 is 0 Å². The number of aryl methyl sites for hydroxylation is 1. The van der Waals surface area contributed by atoms with E-state index < -0.39 is 5.97 Å². The number of rotatable bonds is 4. The van der Waals surface area contributed by atoms with Crippen molar-refractivity contribution in [2.45, 2.75) is 19.9 Å². The minimum absolute atomic E-state index is 0.0179. The first-order valence-corrected chi connectivity index (χ1v) is 5.81. The summed E-state index contributed by atoms with van der Waals surface area (Å²) in [4.78, 5) is 23.9. The van der Waals surface area contributed by atoms with E-state index in [0.717, 1.165) is 13.0 Å². The summed E-state index contributed by atoms with van der Waals surface area (Å²) >= 11 is 0. The number of nitrogens with two attached hydrogens (primary N) is 1. The fourth-order valence-corrected chi connectivity index (χ4v) is 2.27. The van der Waals surface area contributed by atoms with Crippen molar-refractivity contribution >= 4 is 11.9 Å². The minimum atomic E-state index is -1.06. The number of nitrogens with zero attached hydrogens (tertiary/aromatic N) is 1. The predicted octanol–water partition coefficient (Wildman–Crippen LogP) is 0.593. The van der Waals surface area contributed by atoms with Crippen LogP contribution in [-0.4, -0.2) is 35.0 Å². The molecular weight excluding hydrogens is 236 g/mol. The summed E-state index contributed by atoms with van der Waals surface area (Å²) < 4.78 is 5.28. The normalized spacial score (nSPS) is 20.2. The predicted molar refractivity (Wildman–Crippen MR) is 63.0 cm³/mol. The Bertz CT molecular complexity index is 480. The van der Waals surface area contributed by atoms with Gasteiger partial charge in [0.05, 0.1) is 12.5 Å². The van der Waals surface area contributed by atoms with Gasteiger partial charge in [0.1, 0.15) is 5.76 Å². The molecule has 1 fully saturated rings. The average molecular weight is 252 g/mol. The monoisotopic (exact) mass is 252 g/mol. The highest BCUT2D eigenvalue weighted by Gasteiger charge is 2.27. The fraction of sp³-hybridized carbons (Fsp3) is 0.500. The number of furan rings is 1. The maximum absolute atomic E-state index is 11.0. The summed E-state index contributed by atoms with van der Waals surface area (Å²) in [6.07, 6.45) is 0.751. The van der Waals surface area contributed by atoms with E-state index in [0.29, 0.717) is 24.4 Å². The van der Waals surface area contributed by atoms with Gasteiger partial charge in [-0.1, -0.05) is 0 Å². The molecule has 1 aromatic rings.